The van der Waals surface area contributed by atoms with Gasteiger partial charge in [0, 0.05) is 0 Å². The minimum Gasteiger partial charge on any atom is -0.330 e. The van der Waals surface area contributed by atoms with E-state index in [0.29, 0.717) is 11.8 Å². The SMILES string of the molecule is NCC1CCC(CN)(C2(CN)CCCC(CN)C2)CC1. The molecule has 20 heavy (non-hydrogen) atoms. The Labute approximate surface area is 124 Å². The molecule has 2 fully saturated rings. The number of hydrogen-bond donors (Lipinski definition) is 4. The van der Waals surface area contributed by atoms with Crippen LogP contribution in [0.4, 0.5) is 0 Å². The lowest BCUT2D eigenvalue weighted by Crippen LogP contribution is -2.55. The quantitative estimate of drug-likeness (QED) is 0.607. The molecule has 2 aliphatic rings. The first-order chi connectivity index (χ1) is 9.65. The van der Waals surface area contributed by atoms with Crippen molar-refractivity contribution in [1.82, 2.24) is 0 Å². The van der Waals surface area contributed by atoms with Gasteiger partial charge in [0.2, 0.25) is 0 Å². The molecule has 118 valence electrons. The third-order valence-electron chi connectivity index (χ3n) is 6.58. The Balaban J connectivity index is 2.18. The molecule has 0 aliphatic heterocycles. The van der Waals surface area contributed by atoms with Crippen LogP contribution in [0.25, 0.3) is 0 Å². The molecule has 0 aromatic heterocycles. The number of nitrogens with two attached hydrogens (primary N) is 4. The highest BCUT2D eigenvalue weighted by Crippen LogP contribution is 2.57. The van der Waals surface area contributed by atoms with E-state index >= 15 is 0 Å². The van der Waals surface area contributed by atoms with Gasteiger partial charge in [-0.15, -0.1) is 0 Å². The second-order valence-electron chi connectivity index (χ2n) is 7.35. The third-order valence-corrected chi connectivity index (χ3v) is 6.58. The van der Waals surface area contributed by atoms with Gasteiger partial charge < -0.3 is 22.9 Å². The van der Waals surface area contributed by atoms with Crippen molar-refractivity contribution in [2.75, 3.05) is 26.2 Å². The molecule has 0 aromatic rings. The third kappa shape index (κ3) is 2.76. The van der Waals surface area contributed by atoms with E-state index in [9.17, 15) is 0 Å². The lowest BCUT2D eigenvalue weighted by atomic mass is 9.50. The highest BCUT2D eigenvalue weighted by molar-refractivity contribution is 5.04. The maximum Gasteiger partial charge on any atom is -0.00146 e. The molecule has 2 unspecified atom stereocenters. The van der Waals surface area contributed by atoms with Crippen LogP contribution in [0.15, 0.2) is 0 Å². The average Bonchev–Trinajstić information content (AvgIpc) is 2.54. The van der Waals surface area contributed by atoms with E-state index in [2.05, 4.69) is 0 Å². The maximum atomic E-state index is 6.29. The number of rotatable bonds is 5. The Bertz CT molecular complexity index is 299. The van der Waals surface area contributed by atoms with E-state index < -0.39 is 0 Å². The van der Waals surface area contributed by atoms with Crippen molar-refractivity contribution in [3.05, 3.63) is 0 Å². The fourth-order valence-electron chi connectivity index (χ4n) is 4.99. The highest BCUT2D eigenvalue weighted by atomic mass is 14.7. The summed E-state index contributed by atoms with van der Waals surface area (Å²) in [5.41, 5.74) is 24.8. The van der Waals surface area contributed by atoms with Crippen LogP contribution >= 0.6 is 0 Å². The molecule has 2 saturated carbocycles. The van der Waals surface area contributed by atoms with Crippen molar-refractivity contribution in [1.29, 1.82) is 0 Å². The standard InChI is InChI=1S/C16H34N4/c17-9-13-3-6-15(11-19,7-4-13)16(12-20)5-1-2-14(8-16)10-18/h13-14H,1-12,17-20H2. The van der Waals surface area contributed by atoms with Crippen LogP contribution in [-0.4, -0.2) is 26.2 Å². The van der Waals surface area contributed by atoms with Crippen molar-refractivity contribution < 1.29 is 0 Å². The lowest BCUT2D eigenvalue weighted by molar-refractivity contribution is -0.0440. The van der Waals surface area contributed by atoms with Gasteiger partial charge in [-0.2, -0.15) is 0 Å². The highest BCUT2D eigenvalue weighted by Gasteiger charge is 2.52. The lowest BCUT2D eigenvalue weighted by Gasteiger charge is -2.56. The molecule has 8 N–H and O–H groups in total. The van der Waals surface area contributed by atoms with Crippen molar-refractivity contribution in [2.24, 2.45) is 45.6 Å². The molecule has 0 heterocycles. The number of hydrogen-bond acceptors (Lipinski definition) is 4. The van der Waals surface area contributed by atoms with E-state index in [-0.39, 0.29) is 10.8 Å². The minimum absolute atomic E-state index is 0.226. The van der Waals surface area contributed by atoms with Crippen LogP contribution < -0.4 is 22.9 Å². The van der Waals surface area contributed by atoms with E-state index in [1.54, 1.807) is 0 Å². The van der Waals surface area contributed by atoms with Crippen LogP contribution in [0.1, 0.15) is 51.4 Å². The Morgan fingerprint density at radius 2 is 1.30 bits per heavy atom. The molecule has 0 bridgehead atoms. The second kappa shape index (κ2) is 6.73. The Kier molecular flexibility index (Phi) is 5.46. The largest absolute Gasteiger partial charge is 0.330 e. The minimum atomic E-state index is 0.226. The summed E-state index contributed by atoms with van der Waals surface area (Å²) in [6, 6.07) is 0. The molecule has 2 aliphatic carbocycles. The van der Waals surface area contributed by atoms with Crippen LogP contribution in [0.3, 0.4) is 0 Å². The van der Waals surface area contributed by atoms with Gasteiger partial charge in [-0.25, -0.2) is 0 Å². The molecule has 2 rings (SSSR count). The van der Waals surface area contributed by atoms with Crippen molar-refractivity contribution in [3.8, 4) is 0 Å². The molecule has 0 radical (unpaired) electrons. The van der Waals surface area contributed by atoms with E-state index in [1.807, 2.05) is 0 Å². The van der Waals surface area contributed by atoms with Crippen molar-refractivity contribution in [3.63, 3.8) is 0 Å². The van der Waals surface area contributed by atoms with E-state index in [1.165, 1.54) is 51.4 Å². The van der Waals surface area contributed by atoms with E-state index in [4.69, 9.17) is 22.9 Å². The fraction of sp³-hybridized carbons (Fsp3) is 1.00. The summed E-state index contributed by atoms with van der Waals surface area (Å²) in [6.07, 6.45) is 9.83. The van der Waals surface area contributed by atoms with Crippen LogP contribution in [0.5, 0.6) is 0 Å². The summed E-state index contributed by atoms with van der Waals surface area (Å²) in [4.78, 5) is 0. The normalized spacial score (nSPS) is 42.6. The second-order valence-corrected chi connectivity index (χ2v) is 7.35. The first-order valence-electron chi connectivity index (χ1n) is 8.45. The zero-order chi connectivity index (χ0) is 14.6. The Hall–Kier alpha value is -0.160. The molecule has 0 spiro atoms. The summed E-state index contributed by atoms with van der Waals surface area (Å²) in [7, 11) is 0. The summed E-state index contributed by atoms with van der Waals surface area (Å²) in [5.74, 6) is 1.33. The van der Waals surface area contributed by atoms with Gasteiger partial charge in [0.1, 0.15) is 0 Å². The van der Waals surface area contributed by atoms with E-state index in [0.717, 1.165) is 26.2 Å². The molecule has 4 nitrogen and oxygen atoms in total. The summed E-state index contributed by atoms with van der Waals surface area (Å²) >= 11 is 0. The van der Waals surface area contributed by atoms with Gasteiger partial charge in [-0.3, -0.25) is 0 Å². The van der Waals surface area contributed by atoms with Crippen molar-refractivity contribution in [2.45, 2.75) is 51.4 Å². The van der Waals surface area contributed by atoms with Gasteiger partial charge in [0.25, 0.3) is 0 Å². The molecule has 0 aromatic carbocycles. The van der Waals surface area contributed by atoms with Gasteiger partial charge in [0.15, 0.2) is 0 Å². The molecular formula is C16H34N4. The van der Waals surface area contributed by atoms with Crippen LogP contribution in [0, 0.1) is 22.7 Å². The van der Waals surface area contributed by atoms with Crippen LogP contribution in [0.2, 0.25) is 0 Å². The molecule has 2 atom stereocenters. The van der Waals surface area contributed by atoms with Gasteiger partial charge >= 0.3 is 0 Å². The maximum absolute atomic E-state index is 6.29. The van der Waals surface area contributed by atoms with Gasteiger partial charge in [0.05, 0.1) is 0 Å². The predicted molar refractivity (Wildman–Crippen MR) is 85.0 cm³/mol. The zero-order valence-electron chi connectivity index (χ0n) is 12.9. The summed E-state index contributed by atoms with van der Waals surface area (Å²) in [5, 5.41) is 0. The fourth-order valence-corrected chi connectivity index (χ4v) is 4.99. The van der Waals surface area contributed by atoms with Crippen LogP contribution in [-0.2, 0) is 0 Å². The Morgan fingerprint density at radius 3 is 1.80 bits per heavy atom. The molecular weight excluding hydrogens is 248 g/mol. The molecule has 4 heteroatoms. The summed E-state index contributed by atoms with van der Waals surface area (Å²) in [6.45, 7) is 3.17. The molecule has 0 saturated heterocycles. The zero-order valence-corrected chi connectivity index (χ0v) is 12.9. The van der Waals surface area contributed by atoms with Crippen molar-refractivity contribution >= 4 is 0 Å². The smallest absolute Gasteiger partial charge is 0.00146 e. The van der Waals surface area contributed by atoms with Gasteiger partial charge in [-0.1, -0.05) is 6.42 Å². The van der Waals surface area contributed by atoms with Gasteiger partial charge in [-0.05, 0) is 93.8 Å². The molecule has 0 amide bonds. The monoisotopic (exact) mass is 282 g/mol. The predicted octanol–water partition coefficient (Wildman–Crippen LogP) is 1.17. The Morgan fingerprint density at radius 1 is 0.700 bits per heavy atom. The average molecular weight is 282 g/mol. The first-order valence-corrected chi connectivity index (χ1v) is 8.45. The summed E-state index contributed by atoms with van der Waals surface area (Å²) < 4.78 is 0. The topological polar surface area (TPSA) is 104 Å². The first kappa shape index (κ1) is 16.2.